The quantitative estimate of drug-likeness (QED) is 0.573. The Morgan fingerprint density at radius 2 is 1.85 bits per heavy atom. The molecule has 0 aliphatic rings. The van der Waals surface area contributed by atoms with Crippen molar-refractivity contribution >= 4 is 6.01 Å². The van der Waals surface area contributed by atoms with Crippen molar-refractivity contribution in [1.82, 2.24) is 15.2 Å². The molecule has 6 nitrogen and oxygen atoms in total. The number of anilines is 1. The Kier molecular flexibility index (Phi) is 4.18. The van der Waals surface area contributed by atoms with Crippen LogP contribution >= 0.6 is 0 Å². The van der Waals surface area contributed by atoms with Crippen LogP contribution in [0.5, 0.6) is 0 Å². The third-order valence-corrected chi connectivity index (χ3v) is 3.96. The largest absolute Gasteiger partial charge is 0.459 e. The van der Waals surface area contributed by atoms with Gasteiger partial charge in [-0.25, -0.2) is 4.39 Å². The monoisotopic (exact) mass is 350 g/mol. The molecule has 0 amide bonds. The maximum Gasteiger partial charge on any atom is 0.316 e. The number of hydrogen-bond acceptors (Lipinski definition) is 6. The molecule has 0 radical (unpaired) electrons. The SMILES string of the molecule is Cc1c(F)cccc1-c1ccc(CNc2nnc(-c3ccncc3)o2)o1. The van der Waals surface area contributed by atoms with Gasteiger partial charge in [-0.2, -0.15) is 0 Å². The first-order valence-corrected chi connectivity index (χ1v) is 8.02. The van der Waals surface area contributed by atoms with Crippen molar-refractivity contribution in [2.75, 3.05) is 5.32 Å². The maximum atomic E-state index is 13.7. The van der Waals surface area contributed by atoms with E-state index in [0.717, 1.165) is 11.1 Å². The van der Waals surface area contributed by atoms with E-state index >= 15 is 0 Å². The summed E-state index contributed by atoms with van der Waals surface area (Å²) in [6, 6.07) is 12.4. The Morgan fingerprint density at radius 1 is 1.00 bits per heavy atom. The van der Waals surface area contributed by atoms with E-state index in [1.807, 2.05) is 18.2 Å². The molecule has 7 heteroatoms. The van der Waals surface area contributed by atoms with Crippen molar-refractivity contribution in [1.29, 1.82) is 0 Å². The second-order valence-electron chi connectivity index (χ2n) is 5.68. The van der Waals surface area contributed by atoms with Crippen LogP contribution in [0, 0.1) is 12.7 Å². The average Bonchev–Trinajstić information content (AvgIpc) is 3.32. The Morgan fingerprint density at radius 3 is 2.69 bits per heavy atom. The number of halogens is 1. The normalized spacial score (nSPS) is 10.8. The van der Waals surface area contributed by atoms with Gasteiger partial charge in [0.2, 0.25) is 5.89 Å². The minimum Gasteiger partial charge on any atom is -0.459 e. The number of nitrogens with one attached hydrogen (secondary N) is 1. The van der Waals surface area contributed by atoms with Crippen molar-refractivity contribution in [3.8, 4) is 22.8 Å². The molecule has 26 heavy (non-hydrogen) atoms. The molecule has 0 spiro atoms. The molecular formula is C19H15FN4O2. The van der Waals surface area contributed by atoms with E-state index in [2.05, 4.69) is 20.5 Å². The molecule has 0 saturated carbocycles. The Labute approximate surface area is 148 Å². The first-order chi connectivity index (χ1) is 12.7. The fourth-order valence-corrected chi connectivity index (χ4v) is 2.56. The van der Waals surface area contributed by atoms with Crippen molar-refractivity contribution in [3.63, 3.8) is 0 Å². The van der Waals surface area contributed by atoms with E-state index in [-0.39, 0.29) is 11.8 Å². The first-order valence-electron chi connectivity index (χ1n) is 8.02. The summed E-state index contributed by atoms with van der Waals surface area (Å²) in [5.41, 5.74) is 2.08. The Bertz CT molecular complexity index is 1030. The van der Waals surface area contributed by atoms with Gasteiger partial charge in [-0.3, -0.25) is 4.98 Å². The minimum absolute atomic E-state index is 0.256. The fourth-order valence-electron chi connectivity index (χ4n) is 2.56. The van der Waals surface area contributed by atoms with E-state index in [1.165, 1.54) is 6.07 Å². The van der Waals surface area contributed by atoms with E-state index in [9.17, 15) is 4.39 Å². The summed E-state index contributed by atoms with van der Waals surface area (Å²) in [6.45, 7) is 2.09. The number of rotatable bonds is 5. The molecule has 1 aromatic carbocycles. The van der Waals surface area contributed by atoms with Gasteiger partial charge >= 0.3 is 6.01 Å². The molecule has 0 saturated heterocycles. The number of furan rings is 1. The minimum atomic E-state index is -0.256. The molecule has 0 unspecified atom stereocenters. The first kappa shape index (κ1) is 16.0. The lowest BCUT2D eigenvalue weighted by atomic mass is 10.1. The van der Waals surface area contributed by atoms with E-state index in [4.69, 9.17) is 8.83 Å². The highest BCUT2D eigenvalue weighted by molar-refractivity contribution is 5.62. The molecule has 0 aliphatic carbocycles. The van der Waals surface area contributed by atoms with Gasteiger partial charge in [0.15, 0.2) is 0 Å². The summed E-state index contributed by atoms with van der Waals surface area (Å²) in [5, 5.41) is 11.0. The highest BCUT2D eigenvalue weighted by atomic mass is 19.1. The van der Waals surface area contributed by atoms with Crippen LogP contribution in [0.15, 0.2) is 63.7 Å². The number of aromatic nitrogens is 3. The van der Waals surface area contributed by atoms with Crippen molar-refractivity contribution in [3.05, 3.63) is 72.0 Å². The molecule has 4 aromatic rings. The lowest BCUT2D eigenvalue weighted by Gasteiger charge is -2.03. The molecule has 0 fully saturated rings. The van der Waals surface area contributed by atoms with Crippen LogP contribution in [-0.2, 0) is 6.54 Å². The zero-order chi connectivity index (χ0) is 17.9. The number of hydrogen-bond donors (Lipinski definition) is 1. The van der Waals surface area contributed by atoms with Crippen LogP contribution in [0.3, 0.4) is 0 Å². The molecule has 4 rings (SSSR count). The topological polar surface area (TPSA) is 77.0 Å². The van der Waals surface area contributed by atoms with Gasteiger partial charge in [0.25, 0.3) is 0 Å². The number of benzene rings is 1. The zero-order valence-electron chi connectivity index (χ0n) is 13.9. The highest BCUT2D eigenvalue weighted by Gasteiger charge is 2.12. The van der Waals surface area contributed by atoms with E-state index < -0.39 is 0 Å². The van der Waals surface area contributed by atoms with Crippen LogP contribution < -0.4 is 5.32 Å². The smallest absolute Gasteiger partial charge is 0.316 e. The standard InChI is InChI=1S/C19H15FN4O2/c1-12-15(3-2-4-16(12)20)17-6-5-14(25-17)11-22-19-24-23-18(26-19)13-7-9-21-10-8-13/h2-10H,11H2,1H3,(H,22,24). The van der Waals surface area contributed by atoms with Crippen molar-refractivity contribution in [2.24, 2.45) is 0 Å². The third kappa shape index (κ3) is 3.19. The summed E-state index contributed by atoms with van der Waals surface area (Å²) >= 11 is 0. The van der Waals surface area contributed by atoms with Crippen molar-refractivity contribution in [2.45, 2.75) is 13.5 Å². The Hall–Kier alpha value is -3.48. The summed E-state index contributed by atoms with van der Waals surface area (Å²) in [5.74, 6) is 1.44. The van der Waals surface area contributed by atoms with Gasteiger partial charge in [-0.05, 0) is 42.8 Å². The lowest BCUT2D eigenvalue weighted by molar-refractivity contribution is 0.521. The van der Waals surface area contributed by atoms with Gasteiger partial charge in [0.05, 0.1) is 6.54 Å². The predicted octanol–water partition coefficient (Wildman–Crippen LogP) is 4.45. The summed E-state index contributed by atoms with van der Waals surface area (Å²) in [6.07, 6.45) is 3.32. The van der Waals surface area contributed by atoms with Crippen LogP contribution in [0.4, 0.5) is 10.4 Å². The summed E-state index contributed by atoms with van der Waals surface area (Å²) < 4.78 is 25.1. The van der Waals surface area contributed by atoms with Crippen LogP contribution in [0.2, 0.25) is 0 Å². The average molecular weight is 350 g/mol. The molecule has 0 aliphatic heterocycles. The maximum absolute atomic E-state index is 13.7. The predicted molar refractivity (Wildman–Crippen MR) is 93.7 cm³/mol. The molecular weight excluding hydrogens is 335 g/mol. The van der Waals surface area contributed by atoms with E-state index in [0.29, 0.717) is 29.5 Å². The Balaban J connectivity index is 1.46. The highest BCUT2D eigenvalue weighted by Crippen LogP contribution is 2.27. The van der Waals surface area contributed by atoms with Crippen LogP contribution in [0.1, 0.15) is 11.3 Å². The molecule has 130 valence electrons. The number of nitrogens with zero attached hydrogens (tertiary/aromatic N) is 3. The summed E-state index contributed by atoms with van der Waals surface area (Å²) in [7, 11) is 0. The second-order valence-corrected chi connectivity index (χ2v) is 5.68. The third-order valence-electron chi connectivity index (χ3n) is 3.96. The fraction of sp³-hybridized carbons (Fsp3) is 0.105. The van der Waals surface area contributed by atoms with Gasteiger partial charge in [-0.1, -0.05) is 17.2 Å². The molecule has 0 bridgehead atoms. The van der Waals surface area contributed by atoms with Crippen molar-refractivity contribution < 1.29 is 13.2 Å². The van der Waals surface area contributed by atoms with Gasteiger partial charge in [0, 0.05) is 23.5 Å². The number of pyridine rings is 1. The second kappa shape index (κ2) is 6.79. The van der Waals surface area contributed by atoms with Crippen LogP contribution in [-0.4, -0.2) is 15.2 Å². The molecule has 0 atom stereocenters. The lowest BCUT2D eigenvalue weighted by Crippen LogP contribution is -1.98. The summed E-state index contributed by atoms with van der Waals surface area (Å²) in [4.78, 5) is 3.95. The molecule has 3 aromatic heterocycles. The molecule has 1 N–H and O–H groups in total. The van der Waals surface area contributed by atoms with Gasteiger partial charge < -0.3 is 14.2 Å². The van der Waals surface area contributed by atoms with Gasteiger partial charge in [0.1, 0.15) is 17.3 Å². The van der Waals surface area contributed by atoms with E-state index in [1.54, 1.807) is 37.5 Å². The zero-order valence-corrected chi connectivity index (χ0v) is 13.9. The van der Waals surface area contributed by atoms with Crippen LogP contribution in [0.25, 0.3) is 22.8 Å². The van der Waals surface area contributed by atoms with Gasteiger partial charge in [-0.15, -0.1) is 5.10 Å². The molecule has 3 heterocycles.